The Balaban J connectivity index is 2.25. The van der Waals surface area contributed by atoms with Crippen LogP contribution in [0.5, 0.6) is 11.8 Å². The Morgan fingerprint density at radius 3 is 2.50 bits per heavy atom. The van der Waals surface area contributed by atoms with Gasteiger partial charge >= 0.3 is 0 Å². The van der Waals surface area contributed by atoms with Crippen LogP contribution in [0.2, 0.25) is 10.0 Å². The summed E-state index contributed by atoms with van der Waals surface area (Å²) >= 11 is 12.5. The number of hydrogen-bond donors (Lipinski definition) is 0. The van der Waals surface area contributed by atoms with Crippen LogP contribution in [-0.4, -0.2) is 34.0 Å². The maximum absolute atomic E-state index is 6.35. The quantitative estimate of drug-likeness (QED) is 0.730. The Labute approximate surface area is 136 Å². The van der Waals surface area contributed by atoms with E-state index in [1.54, 1.807) is 16.9 Å². The van der Waals surface area contributed by atoms with Crippen LogP contribution in [0, 0.1) is 0 Å². The van der Waals surface area contributed by atoms with Gasteiger partial charge in [0.15, 0.2) is 0 Å². The summed E-state index contributed by atoms with van der Waals surface area (Å²) in [4.78, 5) is 8.83. The smallest absolute Gasteiger partial charge is 0.278 e. The second kappa shape index (κ2) is 5.98. The zero-order chi connectivity index (χ0) is 15.7. The Morgan fingerprint density at radius 1 is 1.14 bits per heavy atom. The minimum Gasteiger partial charge on any atom is -0.477 e. The van der Waals surface area contributed by atoms with Crippen molar-refractivity contribution in [2.45, 2.75) is 6.54 Å². The number of methoxy groups -OCH3 is 2. The van der Waals surface area contributed by atoms with Gasteiger partial charge < -0.3 is 9.47 Å². The molecule has 0 bridgehead atoms. The number of rotatable bonds is 4. The number of ether oxygens (including phenoxy) is 2. The van der Waals surface area contributed by atoms with Crippen LogP contribution in [0.1, 0.15) is 5.56 Å². The van der Waals surface area contributed by atoms with E-state index in [4.69, 9.17) is 32.7 Å². The predicted octanol–water partition coefficient (Wildman–Crippen LogP) is 3.20. The average Bonchev–Trinajstić information content (AvgIpc) is 3.03. The van der Waals surface area contributed by atoms with Crippen molar-refractivity contribution in [2.24, 2.45) is 0 Å². The van der Waals surface area contributed by atoms with E-state index in [0.717, 1.165) is 5.56 Å². The molecule has 0 aliphatic rings. The van der Waals surface area contributed by atoms with Gasteiger partial charge in [-0.1, -0.05) is 23.2 Å². The summed E-state index contributed by atoms with van der Waals surface area (Å²) < 4.78 is 12.1. The Bertz CT molecular complexity index is 822. The van der Waals surface area contributed by atoms with E-state index in [1.807, 2.05) is 12.3 Å². The summed E-state index contributed by atoms with van der Waals surface area (Å²) in [5, 5.41) is 5.00. The van der Waals surface area contributed by atoms with Crippen molar-refractivity contribution in [2.75, 3.05) is 14.2 Å². The molecule has 6 nitrogen and oxygen atoms in total. The van der Waals surface area contributed by atoms with E-state index >= 15 is 0 Å². The number of nitrogens with zero attached hydrogens (tertiary/aromatic N) is 4. The minimum atomic E-state index is 0.287. The average molecular weight is 339 g/mol. The predicted molar refractivity (Wildman–Crippen MR) is 84.0 cm³/mol. The molecule has 0 radical (unpaired) electrons. The fourth-order valence-corrected chi connectivity index (χ4v) is 2.56. The van der Waals surface area contributed by atoms with Crippen molar-refractivity contribution >= 4 is 34.2 Å². The third kappa shape index (κ3) is 2.55. The molecule has 0 N–H and O–H groups in total. The van der Waals surface area contributed by atoms with E-state index in [-0.39, 0.29) is 5.88 Å². The fourth-order valence-electron chi connectivity index (χ4n) is 2.14. The first kappa shape index (κ1) is 14.9. The fraction of sp³-hybridized carbons (Fsp3) is 0.214. The molecule has 3 rings (SSSR count). The highest BCUT2D eigenvalue weighted by molar-refractivity contribution is 6.43. The summed E-state index contributed by atoms with van der Waals surface area (Å²) in [5.41, 5.74) is 1.90. The standard InChI is InChI=1S/C14H12Cl2N4O2/c1-21-13-14(22-2)19-12-8(7-20-5-3-4-17-20)11(16)9(15)6-10(12)18-13/h3-6H,7H2,1-2H3. The van der Waals surface area contributed by atoms with E-state index in [1.165, 1.54) is 14.2 Å². The Hall–Kier alpha value is -2.05. The van der Waals surface area contributed by atoms with Crippen molar-refractivity contribution in [3.05, 3.63) is 40.1 Å². The third-order valence-electron chi connectivity index (χ3n) is 3.15. The third-order valence-corrected chi connectivity index (χ3v) is 3.98. The maximum atomic E-state index is 6.35. The van der Waals surface area contributed by atoms with E-state index in [9.17, 15) is 0 Å². The van der Waals surface area contributed by atoms with Crippen LogP contribution < -0.4 is 9.47 Å². The molecular formula is C14H12Cl2N4O2. The van der Waals surface area contributed by atoms with Gasteiger partial charge in [0.05, 0.1) is 41.8 Å². The van der Waals surface area contributed by atoms with Crippen LogP contribution in [0.4, 0.5) is 0 Å². The molecule has 0 aliphatic heterocycles. The van der Waals surface area contributed by atoms with Crippen LogP contribution in [0.25, 0.3) is 11.0 Å². The lowest BCUT2D eigenvalue weighted by atomic mass is 10.1. The summed E-state index contributed by atoms with van der Waals surface area (Å²) in [6.45, 7) is 0.424. The van der Waals surface area contributed by atoms with Gasteiger partial charge in [0.25, 0.3) is 11.8 Å². The van der Waals surface area contributed by atoms with Crippen molar-refractivity contribution in [1.29, 1.82) is 0 Å². The molecular weight excluding hydrogens is 327 g/mol. The van der Waals surface area contributed by atoms with Gasteiger partial charge in [0, 0.05) is 18.0 Å². The topological polar surface area (TPSA) is 62.1 Å². The number of fused-ring (bicyclic) bond motifs is 1. The summed E-state index contributed by atoms with van der Waals surface area (Å²) in [5.74, 6) is 0.577. The van der Waals surface area contributed by atoms with Crippen molar-refractivity contribution in [3.8, 4) is 11.8 Å². The van der Waals surface area contributed by atoms with Crippen molar-refractivity contribution in [1.82, 2.24) is 19.7 Å². The number of hydrogen-bond acceptors (Lipinski definition) is 5. The summed E-state index contributed by atoms with van der Waals surface area (Å²) in [6, 6.07) is 3.48. The molecule has 0 fully saturated rings. The summed E-state index contributed by atoms with van der Waals surface area (Å²) in [7, 11) is 3.00. The van der Waals surface area contributed by atoms with Gasteiger partial charge in [0.2, 0.25) is 0 Å². The molecule has 1 aromatic carbocycles. The molecule has 114 valence electrons. The number of halogens is 2. The molecule has 0 unspecified atom stereocenters. The maximum Gasteiger partial charge on any atom is 0.278 e. The lowest BCUT2D eigenvalue weighted by molar-refractivity contribution is 0.334. The molecule has 0 atom stereocenters. The van der Waals surface area contributed by atoms with Gasteiger partial charge in [-0.2, -0.15) is 5.10 Å². The van der Waals surface area contributed by atoms with Gasteiger partial charge in [0.1, 0.15) is 0 Å². The molecule has 2 heterocycles. The van der Waals surface area contributed by atoms with Crippen LogP contribution >= 0.6 is 23.2 Å². The summed E-state index contributed by atoms with van der Waals surface area (Å²) in [6.07, 6.45) is 3.52. The monoisotopic (exact) mass is 338 g/mol. The Kier molecular flexibility index (Phi) is 4.04. The number of benzene rings is 1. The molecule has 0 aliphatic carbocycles. The van der Waals surface area contributed by atoms with E-state index in [2.05, 4.69) is 15.1 Å². The first-order chi connectivity index (χ1) is 10.6. The zero-order valence-electron chi connectivity index (χ0n) is 11.9. The first-order valence-electron chi connectivity index (χ1n) is 6.38. The SMILES string of the molecule is COc1nc2cc(Cl)c(Cl)c(Cn3cccn3)c2nc1OC. The molecule has 2 aromatic heterocycles. The van der Waals surface area contributed by atoms with Crippen molar-refractivity contribution < 1.29 is 9.47 Å². The molecule has 22 heavy (non-hydrogen) atoms. The highest BCUT2D eigenvalue weighted by Gasteiger charge is 2.17. The van der Waals surface area contributed by atoms with Crippen molar-refractivity contribution in [3.63, 3.8) is 0 Å². The lowest BCUT2D eigenvalue weighted by Gasteiger charge is -2.12. The van der Waals surface area contributed by atoms with Gasteiger partial charge in [-0.05, 0) is 12.1 Å². The van der Waals surface area contributed by atoms with E-state index < -0.39 is 0 Å². The minimum absolute atomic E-state index is 0.287. The van der Waals surface area contributed by atoms with E-state index in [0.29, 0.717) is 33.5 Å². The molecule has 0 saturated heterocycles. The molecule has 8 heteroatoms. The molecule has 0 spiro atoms. The zero-order valence-corrected chi connectivity index (χ0v) is 13.4. The second-order valence-electron chi connectivity index (χ2n) is 4.46. The molecule has 0 saturated carbocycles. The largest absolute Gasteiger partial charge is 0.477 e. The lowest BCUT2D eigenvalue weighted by Crippen LogP contribution is -2.05. The Morgan fingerprint density at radius 2 is 1.86 bits per heavy atom. The molecule has 3 aromatic rings. The van der Waals surface area contributed by atoms with Crippen LogP contribution in [0.15, 0.2) is 24.5 Å². The van der Waals surface area contributed by atoms with Crippen LogP contribution in [0.3, 0.4) is 0 Å². The molecule has 0 amide bonds. The number of aromatic nitrogens is 4. The van der Waals surface area contributed by atoms with Gasteiger partial charge in [-0.25, -0.2) is 9.97 Å². The highest BCUT2D eigenvalue weighted by atomic mass is 35.5. The van der Waals surface area contributed by atoms with Crippen LogP contribution in [-0.2, 0) is 6.54 Å². The first-order valence-corrected chi connectivity index (χ1v) is 7.13. The van der Waals surface area contributed by atoms with Gasteiger partial charge in [-0.15, -0.1) is 0 Å². The highest BCUT2D eigenvalue weighted by Crippen LogP contribution is 2.35. The second-order valence-corrected chi connectivity index (χ2v) is 5.25. The normalized spacial score (nSPS) is 10.9. The van der Waals surface area contributed by atoms with Gasteiger partial charge in [-0.3, -0.25) is 4.68 Å².